The van der Waals surface area contributed by atoms with Gasteiger partial charge in [0.1, 0.15) is 5.69 Å². The van der Waals surface area contributed by atoms with E-state index in [1.807, 2.05) is 219 Å². The van der Waals surface area contributed by atoms with Gasteiger partial charge in [-0.2, -0.15) is 60.4 Å². The van der Waals surface area contributed by atoms with Gasteiger partial charge in [-0.05, 0) is 119 Å². The number of para-hydroxylation sites is 1. The van der Waals surface area contributed by atoms with E-state index in [4.69, 9.17) is 5.11 Å². The van der Waals surface area contributed by atoms with E-state index in [1.165, 1.54) is 54.8 Å². The molecule has 0 bridgehead atoms. The molecular weight excluding hydrogens is 2590 g/mol. The molecule has 1 N–H and O–H groups in total. The molecule has 0 saturated carbocycles. The number of carbonyl (C=O) groups is 1. The molecule has 0 amide bonds. The number of fused-ring (bicyclic) bond motifs is 4. The number of aromatic nitrogens is 8. The maximum Gasteiger partial charge on any atom is 0.402 e. The second-order valence-corrected chi connectivity index (χ2v) is 29.2. The van der Waals surface area contributed by atoms with E-state index in [-0.39, 0.29) is 117 Å². The van der Waals surface area contributed by atoms with Crippen molar-refractivity contribution in [3.63, 3.8) is 0 Å². The van der Waals surface area contributed by atoms with Crippen LogP contribution in [-0.4, -0.2) is 50.9 Å². The first-order chi connectivity index (χ1) is 61.2. The van der Waals surface area contributed by atoms with Crippen LogP contribution in [0.4, 0.5) is 26.3 Å². The number of pyridine rings is 7. The monoisotopic (exact) mass is 2660 g/mol. The molecular formula is C106H67F6Ir5N8O2S3-9. The number of hydrogen-bond acceptors (Lipinski definition) is 12. The number of thiophene rings is 2. The van der Waals surface area contributed by atoms with Gasteiger partial charge in [0.15, 0.2) is 0 Å². The van der Waals surface area contributed by atoms with Crippen LogP contribution >= 0.6 is 34.0 Å². The number of aromatic carboxylic acids is 1. The second-order valence-electron chi connectivity index (χ2n) is 26.1. The molecule has 0 spiro atoms. The first-order valence-electron chi connectivity index (χ1n) is 38.5. The quantitative estimate of drug-likeness (QED) is 0.110. The third-order valence-corrected chi connectivity index (χ3v) is 20.8. The second kappa shape index (κ2) is 54.4. The molecule has 0 atom stereocenters. The summed E-state index contributed by atoms with van der Waals surface area (Å²) < 4.78 is 80.0. The van der Waals surface area contributed by atoms with E-state index in [1.54, 1.807) is 101 Å². The molecule has 11 aromatic carbocycles. The molecule has 130 heavy (non-hydrogen) atoms. The summed E-state index contributed by atoms with van der Waals surface area (Å²) >= 11 is 5.19. The van der Waals surface area contributed by atoms with E-state index in [9.17, 15) is 31.1 Å². The van der Waals surface area contributed by atoms with Crippen LogP contribution in [-0.2, 0) is 107 Å². The summed E-state index contributed by atoms with van der Waals surface area (Å²) in [6.45, 7) is 0. The van der Waals surface area contributed by atoms with Crippen LogP contribution in [0.5, 0.6) is 0 Å². The van der Waals surface area contributed by atoms with Gasteiger partial charge in [0, 0.05) is 182 Å². The van der Waals surface area contributed by atoms with E-state index in [2.05, 4.69) is 161 Å². The van der Waals surface area contributed by atoms with Gasteiger partial charge in [-0.3, -0.25) is 18.2 Å². The Hall–Kier alpha value is -12.2. The Bertz CT molecular complexity index is 6350. The minimum absolute atomic E-state index is 0. The molecule has 0 aliphatic heterocycles. The minimum atomic E-state index is -4.72. The smallest absolute Gasteiger partial charge is 0.402 e. The minimum Gasteiger partial charge on any atom is -0.477 e. The van der Waals surface area contributed by atoms with Crippen molar-refractivity contribution in [2.45, 2.75) is 6.18 Å². The zero-order chi connectivity index (χ0) is 86.6. The van der Waals surface area contributed by atoms with Crippen LogP contribution in [0.2, 0.25) is 0 Å². The molecule has 10 nitrogen and oxygen atoms in total. The zero-order valence-electron chi connectivity index (χ0n) is 67.7. The number of nitrogens with zero attached hydrogens (tertiary/aromatic N) is 8. The van der Waals surface area contributed by atoms with Crippen molar-refractivity contribution in [3.8, 4) is 87.9 Å². The van der Waals surface area contributed by atoms with E-state index < -0.39 is 35.2 Å². The molecule has 5 radical (unpaired) electrons. The van der Waals surface area contributed by atoms with Crippen LogP contribution in [0.25, 0.3) is 129 Å². The van der Waals surface area contributed by atoms with Crippen molar-refractivity contribution in [1.82, 2.24) is 39.9 Å². The fourth-order valence-corrected chi connectivity index (χ4v) is 14.6. The van der Waals surface area contributed by atoms with Crippen molar-refractivity contribution in [3.05, 3.63) is 485 Å². The van der Waals surface area contributed by atoms with Crippen molar-refractivity contribution in [2.24, 2.45) is 0 Å². The number of hydrogen-bond donors (Lipinski definition) is 1. The molecule has 0 unspecified atom stereocenters. The van der Waals surface area contributed by atoms with Gasteiger partial charge in [-0.25, -0.2) is 38.0 Å². The average Bonchev–Trinajstić information content (AvgIpc) is 1.56. The number of alkyl halides is 3. The number of rotatable bonds is 9. The van der Waals surface area contributed by atoms with Crippen LogP contribution < -0.4 is 0 Å². The summed E-state index contributed by atoms with van der Waals surface area (Å²) in [5.41, 5.74) is 10.2. The molecule has 0 saturated heterocycles. The standard InChI is InChI=1S/C17H10NS.2C13H8NS.C12H6F4N.C12H6F2.3C11H8N.C6H5NO2.5Ir/c1-3-7-14-12(5-1)9-10-18-17(14)16-11-13-6-2-4-8-15(13)19-16;1-2-7-12-10(5-1)9-13(15-12)11-6-3-4-8-14-11;1-2-6-10(7-3-1)13-14-11-8-4-5-9-12(11)15-13;13-10-5-4-8(7-9(10)12(14,15)16)11-3-1-2-6-17-11;13-10-6-7-11(12(14)8-10)9-4-2-1-3-5-9;3*1-2-6-10(7-3-1)11-8-4-5-9-12-11;8-6(9)5-3-1-2-4-7-5;;;;;/h1-10H;1-8H;1-6,8-9H;1-3,5-7H;1-4,6,8H;3*1-6,8-9H;1-4H,(H,8,9);;;;;/q4*-1;-2;3*-1;;;;;;. The van der Waals surface area contributed by atoms with Gasteiger partial charge >= 0.3 is 12.1 Å². The number of thiazole rings is 1. The van der Waals surface area contributed by atoms with Crippen LogP contribution in [0, 0.1) is 72.0 Å². The summed E-state index contributed by atoms with van der Waals surface area (Å²) in [6, 6.07) is 137. The molecule has 24 heteroatoms. The Morgan fingerprint density at radius 2 is 0.738 bits per heavy atom. The molecule has 0 fully saturated rings. The largest absolute Gasteiger partial charge is 0.477 e. The normalized spacial score (nSPS) is 9.98. The third-order valence-electron chi connectivity index (χ3n) is 17.5. The van der Waals surface area contributed by atoms with Crippen molar-refractivity contribution in [1.29, 1.82) is 0 Å². The van der Waals surface area contributed by atoms with Crippen LogP contribution in [0.1, 0.15) is 16.1 Å². The number of carboxylic acids is 1. The van der Waals surface area contributed by atoms with Crippen LogP contribution in [0.15, 0.2) is 401 Å². The summed E-state index contributed by atoms with van der Waals surface area (Å²) in [5.74, 6) is -3.57. The molecule has 0 aliphatic rings. The fraction of sp³-hybridized carbons (Fsp3) is 0.00943. The van der Waals surface area contributed by atoms with E-state index in [0.717, 1.165) is 88.5 Å². The zero-order valence-corrected chi connectivity index (χ0v) is 82.1. The molecule has 0 aliphatic carbocycles. The topological polar surface area (TPSA) is 140 Å². The fourth-order valence-electron chi connectivity index (χ4n) is 11.6. The van der Waals surface area contributed by atoms with Gasteiger partial charge in [-0.15, -0.1) is 227 Å². The summed E-state index contributed by atoms with van der Waals surface area (Å²) in [5, 5.41) is 14.1. The molecule has 21 aromatic rings. The van der Waals surface area contributed by atoms with Crippen molar-refractivity contribution in [2.75, 3.05) is 0 Å². The van der Waals surface area contributed by atoms with E-state index in [0.29, 0.717) is 23.4 Å². The predicted octanol–water partition coefficient (Wildman–Crippen LogP) is 27.8. The average molecular weight is 2660 g/mol. The number of carboxylic acid groups (broad SMARTS) is 1. The Morgan fingerprint density at radius 1 is 0.331 bits per heavy atom. The maximum atomic E-state index is 13.2. The summed E-state index contributed by atoms with van der Waals surface area (Å²) in [4.78, 5) is 45.9. The van der Waals surface area contributed by atoms with Gasteiger partial charge in [-0.1, -0.05) is 133 Å². The number of halogens is 6. The SMILES string of the molecule is Fc1c[c-]c(-c2[c-]cccc2)c(F)c1.Fc1c[c-]c(-c2ccccn2)cc1C(F)(F)F.O=C(O)c1ccccn1.[Ir].[Ir].[Ir].[Ir].[Ir].[c-]1c(-c2ccccn2)sc2ccccc12.[c-]1c(-c2nccc3ccccc23)sc2ccccc12.[c-]1ccccc1-c1ccccn1.[c-]1ccccc1-c1ccccn1.[c-]1ccccc1-c1ccccn1.[c-]1ccccc1-c1nc2ccccc2s1. The summed E-state index contributed by atoms with van der Waals surface area (Å²) in [6.07, 6.45) is 7.22. The Kier molecular flexibility index (Phi) is 43.2. The number of benzene rings is 11. The molecule has 21 rings (SSSR count). The maximum absolute atomic E-state index is 13.2. The Labute approximate surface area is 828 Å². The Balaban J connectivity index is 0.000000181. The summed E-state index contributed by atoms with van der Waals surface area (Å²) in [7, 11) is 0. The van der Waals surface area contributed by atoms with Crippen molar-refractivity contribution < 1.29 is 137 Å². The van der Waals surface area contributed by atoms with Crippen LogP contribution in [0.3, 0.4) is 0 Å². The van der Waals surface area contributed by atoms with Crippen molar-refractivity contribution >= 4 is 81.1 Å². The molecule has 657 valence electrons. The van der Waals surface area contributed by atoms with Gasteiger partial charge < -0.3 is 35.0 Å². The van der Waals surface area contributed by atoms with E-state index >= 15 is 0 Å². The third kappa shape index (κ3) is 31.0. The first-order valence-corrected chi connectivity index (χ1v) is 40.9. The Morgan fingerprint density at radius 3 is 1.17 bits per heavy atom. The molecule has 10 heterocycles. The van der Waals surface area contributed by atoms with Gasteiger partial charge in [0.05, 0.1) is 5.52 Å². The first kappa shape index (κ1) is 103. The van der Waals surface area contributed by atoms with Gasteiger partial charge in [0.25, 0.3) is 0 Å². The molecule has 10 aromatic heterocycles. The van der Waals surface area contributed by atoms with Gasteiger partial charge in [0.2, 0.25) is 0 Å². The predicted molar refractivity (Wildman–Crippen MR) is 489 cm³/mol.